The Kier molecular flexibility index (Phi) is 9.73. The molecule has 0 spiro atoms. The summed E-state index contributed by atoms with van der Waals surface area (Å²) in [6.07, 6.45) is 8.44. The number of nitrogens with one attached hydrogen (secondary N) is 1. The van der Waals surface area contributed by atoms with Gasteiger partial charge in [0, 0.05) is 11.5 Å². The summed E-state index contributed by atoms with van der Waals surface area (Å²) >= 11 is 0. The summed E-state index contributed by atoms with van der Waals surface area (Å²) < 4.78 is 17.6. The molecule has 2 rings (SSSR count). The lowest BCUT2D eigenvalue weighted by Crippen LogP contribution is -2.15. The molecule has 0 radical (unpaired) electrons. The summed E-state index contributed by atoms with van der Waals surface area (Å²) in [5.41, 5.74) is 0.462. The number of unbranched alkanes of at least 4 members (excludes halogenated alkanes) is 5. The number of pyridine rings is 1. The Morgan fingerprint density at radius 2 is 1.39 bits per heavy atom. The number of hydrogen-bond donors (Lipinski definition) is 1. The fraction of sp³-hybridized carbons (Fsp3) is 0.609. The smallest absolute Gasteiger partial charge is 0.294 e. The minimum Gasteiger partial charge on any atom is -0.494 e. The van der Waals surface area contributed by atoms with Crippen molar-refractivity contribution in [3.8, 4) is 17.2 Å². The van der Waals surface area contributed by atoms with Crippen LogP contribution in [0.1, 0.15) is 72.1 Å². The van der Waals surface area contributed by atoms with Crippen LogP contribution in [0.3, 0.4) is 0 Å². The van der Waals surface area contributed by atoms with Crippen molar-refractivity contribution in [3.05, 3.63) is 28.6 Å². The van der Waals surface area contributed by atoms with Crippen LogP contribution < -0.4 is 19.8 Å². The first kappa shape index (κ1) is 22.1. The molecule has 0 bridgehead atoms. The first-order chi connectivity index (χ1) is 13.7. The van der Waals surface area contributed by atoms with Crippen LogP contribution in [0, 0.1) is 0 Å². The van der Waals surface area contributed by atoms with E-state index in [1.807, 2.05) is 18.2 Å². The van der Waals surface area contributed by atoms with Crippen molar-refractivity contribution in [2.45, 2.75) is 72.1 Å². The van der Waals surface area contributed by atoms with Gasteiger partial charge >= 0.3 is 0 Å². The number of hydrogen-bond acceptors (Lipinski definition) is 4. The van der Waals surface area contributed by atoms with Crippen LogP contribution in [0.15, 0.2) is 23.0 Å². The van der Waals surface area contributed by atoms with Gasteiger partial charge in [-0.25, -0.2) is 0 Å². The average Bonchev–Trinajstić information content (AvgIpc) is 2.69. The van der Waals surface area contributed by atoms with Crippen molar-refractivity contribution in [1.82, 2.24) is 4.98 Å². The Bertz CT molecular complexity index is 769. The molecular weight excluding hydrogens is 354 g/mol. The second kappa shape index (κ2) is 12.3. The Morgan fingerprint density at radius 1 is 0.750 bits per heavy atom. The van der Waals surface area contributed by atoms with Gasteiger partial charge in [0.15, 0.2) is 5.75 Å². The van der Waals surface area contributed by atoms with Gasteiger partial charge < -0.3 is 19.2 Å². The van der Waals surface area contributed by atoms with E-state index < -0.39 is 0 Å². The molecule has 0 saturated carbocycles. The van der Waals surface area contributed by atoms with Crippen molar-refractivity contribution in [2.24, 2.45) is 0 Å². The minimum atomic E-state index is -0.250. The van der Waals surface area contributed by atoms with Gasteiger partial charge in [0.05, 0.1) is 25.3 Å². The van der Waals surface area contributed by atoms with Crippen LogP contribution >= 0.6 is 0 Å². The van der Waals surface area contributed by atoms with E-state index in [1.165, 1.54) is 12.8 Å². The van der Waals surface area contributed by atoms with Gasteiger partial charge in [-0.3, -0.25) is 4.79 Å². The largest absolute Gasteiger partial charge is 0.494 e. The second-order valence-electron chi connectivity index (χ2n) is 7.13. The van der Waals surface area contributed by atoms with E-state index in [1.54, 1.807) is 0 Å². The van der Waals surface area contributed by atoms with E-state index in [2.05, 4.69) is 25.8 Å². The average molecular weight is 390 g/mol. The highest BCUT2D eigenvalue weighted by Crippen LogP contribution is 2.33. The number of H-pyrrole nitrogens is 1. The fourth-order valence-corrected chi connectivity index (χ4v) is 2.95. The number of fused-ring (bicyclic) bond motifs is 1. The molecular formula is C23H35NO4. The quantitative estimate of drug-likeness (QED) is 0.412. The predicted molar refractivity (Wildman–Crippen MR) is 115 cm³/mol. The number of benzene rings is 1. The first-order valence-electron chi connectivity index (χ1n) is 10.8. The molecule has 0 atom stereocenters. The van der Waals surface area contributed by atoms with Gasteiger partial charge in [-0.05, 0) is 31.4 Å². The monoisotopic (exact) mass is 389 g/mol. The van der Waals surface area contributed by atoms with Gasteiger partial charge in [-0.2, -0.15) is 0 Å². The maximum Gasteiger partial charge on any atom is 0.294 e. The van der Waals surface area contributed by atoms with E-state index in [4.69, 9.17) is 14.2 Å². The molecule has 1 aromatic heterocycles. The molecule has 0 unspecified atom stereocenters. The number of rotatable bonds is 14. The molecule has 1 aromatic carbocycles. The third-order valence-electron chi connectivity index (χ3n) is 4.65. The zero-order valence-corrected chi connectivity index (χ0v) is 17.6. The molecule has 0 aliphatic heterocycles. The summed E-state index contributed by atoms with van der Waals surface area (Å²) in [6.45, 7) is 8.18. The van der Waals surface area contributed by atoms with Crippen LogP contribution in [0.25, 0.3) is 10.9 Å². The molecule has 5 heteroatoms. The molecule has 156 valence electrons. The Labute approximate surface area is 168 Å². The molecule has 0 amide bonds. The second-order valence-corrected chi connectivity index (χ2v) is 7.13. The lowest BCUT2D eigenvalue weighted by atomic mass is 10.2. The lowest BCUT2D eigenvalue weighted by molar-refractivity contribution is 0.260. The molecule has 28 heavy (non-hydrogen) atoms. The first-order valence-corrected chi connectivity index (χ1v) is 10.8. The van der Waals surface area contributed by atoms with Crippen molar-refractivity contribution >= 4 is 10.9 Å². The Balaban J connectivity index is 2.26. The van der Waals surface area contributed by atoms with Gasteiger partial charge in [-0.15, -0.1) is 0 Å². The van der Waals surface area contributed by atoms with E-state index in [0.717, 1.165) is 49.7 Å². The highest BCUT2D eigenvalue weighted by Gasteiger charge is 2.16. The molecule has 0 aliphatic carbocycles. The summed E-state index contributed by atoms with van der Waals surface area (Å²) in [7, 11) is 0. The highest BCUT2D eigenvalue weighted by molar-refractivity contribution is 5.88. The Morgan fingerprint density at radius 3 is 2.11 bits per heavy atom. The van der Waals surface area contributed by atoms with Crippen LogP contribution in [0.4, 0.5) is 0 Å². The molecule has 2 aromatic rings. The summed E-state index contributed by atoms with van der Waals surface area (Å²) in [4.78, 5) is 15.6. The van der Waals surface area contributed by atoms with Crippen molar-refractivity contribution in [1.29, 1.82) is 0 Å². The predicted octanol–water partition coefficient (Wildman–Crippen LogP) is 5.85. The van der Waals surface area contributed by atoms with Gasteiger partial charge in [0.1, 0.15) is 5.75 Å². The maximum atomic E-state index is 12.7. The molecule has 0 saturated heterocycles. The van der Waals surface area contributed by atoms with Crippen LogP contribution in [0.2, 0.25) is 0 Å². The zero-order valence-electron chi connectivity index (χ0n) is 17.6. The van der Waals surface area contributed by atoms with Crippen molar-refractivity contribution in [3.63, 3.8) is 0 Å². The van der Waals surface area contributed by atoms with E-state index in [0.29, 0.717) is 36.8 Å². The van der Waals surface area contributed by atoms with Gasteiger partial charge in [0.2, 0.25) is 5.75 Å². The fourth-order valence-electron chi connectivity index (χ4n) is 2.95. The number of aromatic nitrogens is 1. The van der Waals surface area contributed by atoms with Crippen molar-refractivity contribution < 1.29 is 14.2 Å². The van der Waals surface area contributed by atoms with E-state index in [9.17, 15) is 4.79 Å². The van der Waals surface area contributed by atoms with Gasteiger partial charge in [-0.1, -0.05) is 52.9 Å². The summed E-state index contributed by atoms with van der Waals surface area (Å²) in [6, 6.07) is 5.73. The van der Waals surface area contributed by atoms with Crippen LogP contribution in [-0.2, 0) is 0 Å². The highest BCUT2D eigenvalue weighted by atomic mass is 16.5. The number of ether oxygens (including phenoxy) is 3. The molecule has 0 fully saturated rings. The molecule has 1 heterocycles. The van der Waals surface area contributed by atoms with E-state index >= 15 is 0 Å². The molecule has 0 aliphatic rings. The van der Waals surface area contributed by atoms with Crippen LogP contribution in [0.5, 0.6) is 17.2 Å². The minimum absolute atomic E-state index is 0.250. The summed E-state index contributed by atoms with van der Waals surface area (Å²) in [5.74, 6) is 1.59. The molecule has 5 nitrogen and oxygen atoms in total. The third kappa shape index (κ3) is 6.47. The lowest BCUT2D eigenvalue weighted by Gasteiger charge is -2.15. The molecule has 1 N–H and O–H groups in total. The van der Waals surface area contributed by atoms with Crippen molar-refractivity contribution in [2.75, 3.05) is 19.8 Å². The number of aromatic amines is 1. The summed E-state index contributed by atoms with van der Waals surface area (Å²) in [5, 5.41) is 0.849. The zero-order chi connectivity index (χ0) is 20.2. The normalized spacial score (nSPS) is 11.0. The van der Waals surface area contributed by atoms with E-state index in [-0.39, 0.29) is 5.56 Å². The third-order valence-corrected chi connectivity index (χ3v) is 4.65. The Hall–Kier alpha value is -2.17. The maximum absolute atomic E-state index is 12.7. The standard InChI is InChI=1S/C23H35NO4/c1-4-7-10-11-16-28-22-21(27-15-9-6-3)19-13-12-18(26-14-8-5-2)17-20(19)24-23(22)25/h12-13,17H,4-11,14-16H2,1-3H3,(H,24,25). The van der Waals surface area contributed by atoms with Gasteiger partial charge in [0.25, 0.3) is 5.56 Å². The van der Waals surface area contributed by atoms with Crippen LogP contribution in [-0.4, -0.2) is 24.8 Å². The SMILES string of the molecule is CCCCCCOc1c(OCCCC)c2ccc(OCCCC)cc2[nH]c1=O. The topological polar surface area (TPSA) is 60.6 Å².